The first-order valence-electron chi connectivity index (χ1n) is 13.4. The van der Waals surface area contributed by atoms with Crippen LogP contribution in [0.25, 0.3) is 0 Å². The molecule has 36 heavy (non-hydrogen) atoms. The van der Waals surface area contributed by atoms with Crippen LogP contribution in [0.1, 0.15) is 63.4 Å². The standard InChI is InChI=1S/C26H39N3O6S/c1-2-10-28-11-7-26(8-12-28)9-15-35-23-16-20(19-5-13-34-14-6-19)3-4-24(23)36(32,33)29-18-21(30)17-22(29)25(31)27-26/h3-4,16,19,21-22,30H,2,5-15,17-18H2,1H3,(H,27,31)/t21-,22+/m1/s1. The van der Waals surface area contributed by atoms with Gasteiger partial charge in [0.05, 0.1) is 12.7 Å². The molecule has 1 spiro atoms. The average molecular weight is 522 g/mol. The quantitative estimate of drug-likeness (QED) is 0.625. The van der Waals surface area contributed by atoms with Gasteiger partial charge in [-0.05, 0) is 62.3 Å². The molecular formula is C26H39N3O6S. The fraction of sp³-hybridized carbons (Fsp3) is 0.731. The number of amides is 1. The zero-order chi connectivity index (χ0) is 25.3. The molecule has 4 aliphatic rings. The summed E-state index contributed by atoms with van der Waals surface area (Å²) >= 11 is 0. The monoisotopic (exact) mass is 521 g/mol. The highest BCUT2D eigenvalue weighted by atomic mass is 32.2. The molecule has 5 rings (SSSR count). The van der Waals surface area contributed by atoms with Crippen LogP contribution in [0.3, 0.4) is 0 Å². The first-order valence-corrected chi connectivity index (χ1v) is 14.8. The van der Waals surface area contributed by atoms with Crippen LogP contribution in [0.4, 0.5) is 0 Å². The van der Waals surface area contributed by atoms with Gasteiger partial charge in [-0.1, -0.05) is 13.0 Å². The maximum atomic E-state index is 13.8. The van der Waals surface area contributed by atoms with E-state index >= 15 is 0 Å². The molecule has 3 fully saturated rings. The molecule has 0 aromatic heterocycles. The van der Waals surface area contributed by atoms with Crippen LogP contribution in [0.2, 0.25) is 0 Å². The summed E-state index contributed by atoms with van der Waals surface area (Å²) in [6.07, 6.45) is 4.27. The number of piperidine rings is 1. The van der Waals surface area contributed by atoms with Gasteiger partial charge in [0.15, 0.2) is 0 Å². The Kier molecular flexibility index (Phi) is 7.61. The molecule has 10 heteroatoms. The van der Waals surface area contributed by atoms with Gasteiger partial charge in [0.1, 0.15) is 16.7 Å². The fourth-order valence-electron chi connectivity index (χ4n) is 6.21. The van der Waals surface area contributed by atoms with E-state index in [1.54, 1.807) is 6.07 Å². The Morgan fingerprint density at radius 3 is 2.61 bits per heavy atom. The smallest absolute Gasteiger partial charge is 0.247 e. The number of likely N-dealkylation sites (tertiary alicyclic amines) is 1. The summed E-state index contributed by atoms with van der Waals surface area (Å²) in [5.41, 5.74) is 0.601. The number of hydrogen-bond acceptors (Lipinski definition) is 7. The molecule has 200 valence electrons. The zero-order valence-corrected chi connectivity index (χ0v) is 22.0. The maximum Gasteiger partial charge on any atom is 0.247 e. The number of fused-ring (bicyclic) bond motifs is 2. The van der Waals surface area contributed by atoms with Crippen LogP contribution in [0.5, 0.6) is 5.75 Å². The SMILES string of the molecule is CCCN1CCC2(CCOc3cc(C4CCOCC4)ccc3S(=O)(=O)N3C[C@H](O)C[C@H]3C(=O)N2)CC1. The summed E-state index contributed by atoms with van der Waals surface area (Å²) in [7, 11) is -4.05. The zero-order valence-electron chi connectivity index (χ0n) is 21.2. The third-order valence-corrected chi connectivity index (χ3v) is 10.3. The molecule has 4 aliphatic heterocycles. The Morgan fingerprint density at radius 2 is 1.89 bits per heavy atom. The van der Waals surface area contributed by atoms with Crippen molar-refractivity contribution in [2.75, 3.05) is 46.0 Å². The maximum absolute atomic E-state index is 13.8. The molecule has 0 bridgehead atoms. The number of ether oxygens (including phenoxy) is 2. The lowest BCUT2D eigenvalue weighted by Gasteiger charge is -2.43. The number of aliphatic hydroxyl groups excluding tert-OH is 1. The number of rotatable bonds is 3. The van der Waals surface area contributed by atoms with E-state index in [9.17, 15) is 18.3 Å². The molecule has 9 nitrogen and oxygen atoms in total. The minimum absolute atomic E-state index is 0.0684. The summed E-state index contributed by atoms with van der Waals surface area (Å²) in [6, 6.07) is 4.42. The van der Waals surface area contributed by atoms with E-state index in [0.29, 0.717) is 37.9 Å². The molecule has 1 amide bonds. The third kappa shape index (κ3) is 5.15. The van der Waals surface area contributed by atoms with Crippen molar-refractivity contribution >= 4 is 15.9 Å². The van der Waals surface area contributed by atoms with Gasteiger partial charge in [-0.3, -0.25) is 4.79 Å². The van der Waals surface area contributed by atoms with E-state index < -0.39 is 27.7 Å². The number of nitrogens with zero attached hydrogens (tertiary/aromatic N) is 2. The van der Waals surface area contributed by atoms with Crippen LogP contribution in [0, 0.1) is 0 Å². The highest BCUT2D eigenvalue weighted by Gasteiger charge is 2.47. The summed E-state index contributed by atoms with van der Waals surface area (Å²) < 4.78 is 40.6. The highest BCUT2D eigenvalue weighted by Crippen LogP contribution is 2.38. The molecule has 3 saturated heterocycles. The van der Waals surface area contributed by atoms with Crippen LogP contribution in [-0.2, 0) is 19.6 Å². The van der Waals surface area contributed by atoms with E-state index in [4.69, 9.17) is 9.47 Å². The normalized spacial score (nSPS) is 29.6. The van der Waals surface area contributed by atoms with Gasteiger partial charge in [0.25, 0.3) is 0 Å². The first-order chi connectivity index (χ1) is 17.3. The van der Waals surface area contributed by atoms with Crippen molar-refractivity contribution in [3.05, 3.63) is 23.8 Å². The van der Waals surface area contributed by atoms with Gasteiger partial charge < -0.3 is 24.8 Å². The Morgan fingerprint density at radius 1 is 1.14 bits per heavy atom. The number of carbonyl (C=O) groups is 1. The molecule has 4 heterocycles. The molecule has 0 saturated carbocycles. The van der Waals surface area contributed by atoms with Gasteiger partial charge >= 0.3 is 0 Å². The Hall–Kier alpha value is -1.72. The second-order valence-electron chi connectivity index (χ2n) is 10.8. The Labute approximate surface area is 214 Å². The number of hydrogen-bond donors (Lipinski definition) is 2. The Balaban J connectivity index is 1.49. The van der Waals surface area contributed by atoms with Crippen LogP contribution in [0.15, 0.2) is 23.1 Å². The second kappa shape index (κ2) is 10.6. The molecule has 2 N–H and O–H groups in total. The lowest BCUT2D eigenvalue weighted by atomic mass is 9.84. The number of carbonyl (C=O) groups excluding carboxylic acids is 1. The van der Waals surface area contributed by atoms with Crippen LogP contribution in [-0.4, -0.2) is 92.3 Å². The van der Waals surface area contributed by atoms with Gasteiger partial charge in [-0.15, -0.1) is 0 Å². The predicted molar refractivity (Wildman–Crippen MR) is 134 cm³/mol. The number of nitrogens with one attached hydrogen (secondary N) is 1. The minimum Gasteiger partial charge on any atom is -0.492 e. The summed E-state index contributed by atoms with van der Waals surface area (Å²) in [6.45, 7) is 6.57. The van der Waals surface area contributed by atoms with Crippen LogP contribution < -0.4 is 10.1 Å². The van der Waals surface area contributed by atoms with Gasteiger partial charge in [-0.25, -0.2) is 8.42 Å². The van der Waals surface area contributed by atoms with Crippen LogP contribution >= 0.6 is 0 Å². The molecule has 0 aliphatic carbocycles. The third-order valence-electron chi connectivity index (χ3n) is 8.36. The minimum atomic E-state index is -4.05. The lowest BCUT2D eigenvalue weighted by Crippen LogP contribution is -2.59. The van der Waals surface area contributed by atoms with E-state index in [0.717, 1.165) is 57.3 Å². The van der Waals surface area contributed by atoms with Crippen molar-refractivity contribution in [1.82, 2.24) is 14.5 Å². The lowest BCUT2D eigenvalue weighted by molar-refractivity contribution is -0.127. The second-order valence-corrected chi connectivity index (χ2v) is 12.6. The molecule has 1 aromatic carbocycles. The van der Waals surface area contributed by atoms with E-state index in [1.165, 1.54) is 4.31 Å². The molecule has 0 radical (unpaired) electrons. The van der Waals surface area contributed by atoms with Crippen molar-refractivity contribution < 1.29 is 27.8 Å². The molecule has 0 unspecified atom stereocenters. The topological polar surface area (TPSA) is 108 Å². The van der Waals surface area contributed by atoms with Gasteiger partial charge in [0.2, 0.25) is 15.9 Å². The van der Waals surface area contributed by atoms with E-state index in [1.807, 2.05) is 12.1 Å². The summed E-state index contributed by atoms with van der Waals surface area (Å²) in [5.74, 6) is 0.320. The van der Waals surface area contributed by atoms with E-state index in [-0.39, 0.29) is 23.8 Å². The molecular weight excluding hydrogens is 482 g/mol. The van der Waals surface area contributed by atoms with Gasteiger partial charge in [-0.2, -0.15) is 4.31 Å². The first kappa shape index (κ1) is 25.9. The molecule has 1 aromatic rings. The average Bonchev–Trinajstić information content (AvgIpc) is 3.28. The highest BCUT2D eigenvalue weighted by molar-refractivity contribution is 7.89. The van der Waals surface area contributed by atoms with Gasteiger partial charge in [0, 0.05) is 51.2 Å². The van der Waals surface area contributed by atoms with Crippen molar-refractivity contribution in [1.29, 1.82) is 0 Å². The largest absolute Gasteiger partial charge is 0.492 e. The predicted octanol–water partition coefficient (Wildman–Crippen LogP) is 1.85. The van der Waals surface area contributed by atoms with Crippen molar-refractivity contribution in [3.8, 4) is 5.75 Å². The summed E-state index contributed by atoms with van der Waals surface area (Å²) in [5, 5.41) is 13.6. The Bertz CT molecular complexity index is 1050. The van der Waals surface area contributed by atoms with Crippen molar-refractivity contribution in [2.24, 2.45) is 0 Å². The van der Waals surface area contributed by atoms with Crippen molar-refractivity contribution in [2.45, 2.75) is 80.4 Å². The summed E-state index contributed by atoms with van der Waals surface area (Å²) in [4.78, 5) is 16.0. The van der Waals surface area contributed by atoms with Crippen molar-refractivity contribution in [3.63, 3.8) is 0 Å². The fourth-order valence-corrected chi connectivity index (χ4v) is 7.96. The number of aliphatic hydroxyl groups is 1. The number of sulfonamides is 1. The van der Waals surface area contributed by atoms with E-state index in [2.05, 4.69) is 17.1 Å². The number of benzene rings is 1. The molecule has 2 atom stereocenters.